The lowest BCUT2D eigenvalue weighted by molar-refractivity contribution is 0.164. The molecule has 0 radical (unpaired) electrons. The van der Waals surface area contributed by atoms with Crippen LogP contribution in [0.4, 0.5) is 0 Å². The molecule has 0 aliphatic carbocycles. The van der Waals surface area contributed by atoms with Crippen molar-refractivity contribution in [2.75, 3.05) is 19.6 Å². The second-order valence-electron chi connectivity index (χ2n) is 4.63. The maximum absolute atomic E-state index is 11.8. The largest absolute Gasteiger partial charge is 0.314 e. The Balaban J connectivity index is 1.87. The maximum atomic E-state index is 11.8. The minimum absolute atomic E-state index is 0.115. The number of nitrogens with zero attached hydrogens (tertiary/aromatic N) is 4. The normalized spacial score (nSPS) is 21.5. The molecule has 0 aromatic carbocycles. The van der Waals surface area contributed by atoms with Gasteiger partial charge >= 0.3 is 0 Å². The van der Waals surface area contributed by atoms with Gasteiger partial charge < -0.3 is 5.32 Å². The first-order chi connectivity index (χ1) is 8.74. The van der Waals surface area contributed by atoms with Crippen molar-refractivity contribution < 1.29 is 0 Å². The molecule has 1 aliphatic rings. The number of H-pyrrole nitrogens is 1. The second kappa shape index (κ2) is 4.51. The van der Waals surface area contributed by atoms with Crippen molar-refractivity contribution in [2.24, 2.45) is 0 Å². The zero-order chi connectivity index (χ0) is 12.5. The van der Waals surface area contributed by atoms with Gasteiger partial charge in [0.1, 0.15) is 6.33 Å². The number of aromatic nitrogens is 4. The first kappa shape index (κ1) is 11.4. The van der Waals surface area contributed by atoms with Crippen LogP contribution in [0.1, 0.15) is 12.6 Å². The van der Waals surface area contributed by atoms with E-state index in [1.165, 1.54) is 10.8 Å². The fourth-order valence-corrected chi connectivity index (χ4v) is 2.28. The standard InChI is InChI=1S/C11H16N6O/c1-8-5-12-2-3-16(8)6-9-4-10(18)17-11(15-9)13-7-14-17/h4,7-8,12H,2-3,5-6H2,1H3,(H,13,14,15)/t8-/m0/s1. The van der Waals surface area contributed by atoms with Crippen LogP contribution in [0, 0.1) is 0 Å². The summed E-state index contributed by atoms with van der Waals surface area (Å²) >= 11 is 0. The second-order valence-corrected chi connectivity index (χ2v) is 4.63. The van der Waals surface area contributed by atoms with Gasteiger partial charge in [-0.1, -0.05) is 0 Å². The van der Waals surface area contributed by atoms with Crippen LogP contribution in [-0.2, 0) is 6.54 Å². The lowest BCUT2D eigenvalue weighted by Crippen LogP contribution is -2.49. The van der Waals surface area contributed by atoms with Gasteiger partial charge in [0, 0.05) is 38.3 Å². The monoisotopic (exact) mass is 248 g/mol. The highest BCUT2D eigenvalue weighted by Crippen LogP contribution is 2.07. The van der Waals surface area contributed by atoms with Crippen LogP contribution in [0.25, 0.3) is 5.78 Å². The highest BCUT2D eigenvalue weighted by Gasteiger charge is 2.18. The topological polar surface area (TPSA) is 78.3 Å². The van der Waals surface area contributed by atoms with Crippen molar-refractivity contribution in [3.63, 3.8) is 0 Å². The molecule has 3 rings (SSSR count). The van der Waals surface area contributed by atoms with Gasteiger partial charge in [-0.15, -0.1) is 0 Å². The SMILES string of the molecule is C[C@H]1CNCCN1Cc1cc(=O)n2[nH]cnc2n1. The summed E-state index contributed by atoms with van der Waals surface area (Å²) in [5.74, 6) is 0.431. The van der Waals surface area contributed by atoms with Gasteiger partial charge in [-0.3, -0.25) is 14.8 Å². The van der Waals surface area contributed by atoms with Crippen LogP contribution in [-0.4, -0.2) is 50.2 Å². The summed E-state index contributed by atoms with van der Waals surface area (Å²) in [6.07, 6.45) is 1.47. The van der Waals surface area contributed by atoms with Crippen molar-refractivity contribution >= 4 is 5.78 Å². The summed E-state index contributed by atoms with van der Waals surface area (Å²) in [6.45, 7) is 5.80. The fourth-order valence-electron chi connectivity index (χ4n) is 2.28. The van der Waals surface area contributed by atoms with Crippen molar-refractivity contribution in [2.45, 2.75) is 19.5 Å². The Morgan fingerprint density at radius 2 is 2.44 bits per heavy atom. The lowest BCUT2D eigenvalue weighted by atomic mass is 10.2. The van der Waals surface area contributed by atoms with E-state index in [1.807, 2.05) is 0 Å². The molecule has 2 aromatic heterocycles. The summed E-state index contributed by atoms with van der Waals surface area (Å²) in [6, 6.07) is 2.03. The summed E-state index contributed by atoms with van der Waals surface area (Å²) in [7, 11) is 0. The van der Waals surface area contributed by atoms with Crippen LogP contribution in [0.15, 0.2) is 17.2 Å². The third kappa shape index (κ3) is 2.02. The number of hydrogen-bond acceptors (Lipinski definition) is 5. The van der Waals surface area contributed by atoms with E-state index >= 15 is 0 Å². The van der Waals surface area contributed by atoms with Crippen molar-refractivity contribution in [3.05, 3.63) is 28.4 Å². The number of rotatable bonds is 2. The van der Waals surface area contributed by atoms with Gasteiger partial charge in [-0.25, -0.2) is 9.97 Å². The molecule has 0 bridgehead atoms. The smallest absolute Gasteiger partial charge is 0.274 e. The third-order valence-electron chi connectivity index (χ3n) is 3.32. The molecule has 2 N–H and O–H groups in total. The molecule has 3 heterocycles. The van der Waals surface area contributed by atoms with Crippen molar-refractivity contribution in [1.82, 2.24) is 29.8 Å². The highest BCUT2D eigenvalue weighted by molar-refractivity contribution is 5.26. The van der Waals surface area contributed by atoms with E-state index in [0.717, 1.165) is 25.3 Å². The molecule has 1 fully saturated rings. The number of piperazine rings is 1. The van der Waals surface area contributed by atoms with Crippen LogP contribution in [0.2, 0.25) is 0 Å². The Kier molecular flexibility index (Phi) is 2.85. The van der Waals surface area contributed by atoms with E-state index in [4.69, 9.17) is 0 Å². The fraction of sp³-hybridized carbons (Fsp3) is 0.545. The quantitative estimate of drug-likeness (QED) is 0.728. The molecular formula is C11H16N6O. The summed E-state index contributed by atoms with van der Waals surface area (Å²) in [4.78, 5) is 22.5. The molecule has 0 amide bonds. The minimum Gasteiger partial charge on any atom is -0.314 e. The van der Waals surface area contributed by atoms with Crippen molar-refractivity contribution in [3.8, 4) is 0 Å². The molecule has 1 saturated heterocycles. The molecule has 0 unspecified atom stereocenters. The molecule has 0 saturated carbocycles. The minimum atomic E-state index is -0.115. The molecule has 1 atom stereocenters. The predicted molar refractivity (Wildman–Crippen MR) is 66.3 cm³/mol. The summed E-state index contributed by atoms with van der Waals surface area (Å²) in [5, 5.41) is 6.08. The highest BCUT2D eigenvalue weighted by atomic mass is 16.1. The Hall–Kier alpha value is -1.73. The number of hydrogen-bond donors (Lipinski definition) is 2. The van der Waals surface area contributed by atoms with Crippen LogP contribution in [0.3, 0.4) is 0 Å². The molecular weight excluding hydrogens is 232 g/mol. The number of aromatic amines is 1. The Labute approximate surface area is 104 Å². The van der Waals surface area contributed by atoms with E-state index in [1.54, 1.807) is 6.07 Å². The van der Waals surface area contributed by atoms with Crippen LogP contribution >= 0.6 is 0 Å². The molecule has 2 aromatic rings. The molecule has 1 aliphatic heterocycles. The van der Waals surface area contributed by atoms with Crippen molar-refractivity contribution in [1.29, 1.82) is 0 Å². The Morgan fingerprint density at radius 1 is 1.56 bits per heavy atom. The number of nitrogens with one attached hydrogen (secondary N) is 2. The maximum Gasteiger partial charge on any atom is 0.274 e. The van der Waals surface area contributed by atoms with Crippen LogP contribution < -0.4 is 10.9 Å². The summed E-state index contributed by atoms with van der Waals surface area (Å²) in [5.41, 5.74) is 0.663. The molecule has 96 valence electrons. The van der Waals surface area contributed by atoms with Crippen LogP contribution in [0.5, 0.6) is 0 Å². The van der Waals surface area contributed by atoms with Gasteiger partial charge in [0.25, 0.3) is 11.3 Å². The van der Waals surface area contributed by atoms with Gasteiger partial charge in [0.2, 0.25) is 0 Å². The van der Waals surface area contributed by atoms with Gasteiger partial charge in [-0.2, -0.15) is 4.52 Å². The predicted octanol–water partition coefficient (Wildman–Crippen LogP) is -0.789. The molecule has 18 heavy (non-hydrogen) atoms. The van der Waals surface area contributed by atoms with Gasteiger partial charge in [0.15, 0.2) is 0 Å². The first-order valence-electron chi connectivity index (χ1n) is 6.11. The zero-order valence-electron chi connectivity index (χ0n) is 10.3. The number of fused-ring (bicyclic) bond motifs is 1. The van der Waals surface area contributed by atoms with E-state index < -0.39 is 0 Å². The lowest BCUT2D eigenvalue weighted by Gasteiger charge is -2.33. The van der Waals surface area contributed by atoms with Gasteiger partial charge in [0.05, 0.1) is 5.69 Å². The molecule has 7 nitrogen and oxygen atoms in total. The summed E-state index contributed by atoms with van der Waals surface area (Å²) < 4.78 is 1.34. The average Bonchev–Trinajstić information content (AvgIpc) is 2.81. The Morgan fingerprint density at radius 3 is 3.28 bits per heavy atom. The Bertz CT molecular complexity index is 603. The third-order valence-corrected chi connectivity index (χ3v) is 3.32. The van der Waals surface area contributed by atoms with E-state index in [-0.39, 0.29) is 5.56 Å². The van der Waals surface area contributed by atoms with E-state index in [0.29, 0.717) is 18.4 Å². The van der Waals surface area contributed by atoms with E-state index in [9.17, 15) is 4.79 Å². The van der Waals surface area contributed by atoms with E-state index in [2.05, 4.69) is 32.2 Å². The first-order valence-corrected chi connectivity index (χ1v) is 6.11. The van der Waals surface area contributed by atoms with Gasteiger partial charge in [-0.05, 0) is 6.92 Å². The zero-order valence-corrected chi connectivity index (χ0v) is 10.3. The average molecular weight is 248 g/mol. The molecule has 0 spiro atoms. The molecule has 7 heteroatoms.